The second kappa shape index (κ2) is 9.55. The number of hydrogen-bond acceptors (Lipinski definition) is 5. The molecule has 0 radical (unpaired) electrons. The standard InChI is InChI=1S/C26H30ClN3O3S/c1-15(2)33-22-9-7-18(13-21(22)27)24-29-28-23(34-24)17-6-8-19-16(12-17)10-11-30(25(31)32)14-20(19)26(3,4)5/h6-9,12-13,15,20H,10-11,14H2,1-5H3,(H,31,32). The lowest BCUT2D eigenvalue weighted by atomic mass is 9.75. The number of ether oxygens (including phenoxy) is 1. The predicted octanol–water partition coefficient (Wildman–Crippen LogP) is 6.98. The summed E-state index contributed by atoms with van der Waals surface area (Å²) in [5, 5.41) is 20.6. The fourth-order valence-corrected chi connectivity index (χ4v) is 5.38. The Balaban J connectivity index is 1.64. The van der Waals surface area contributed by atoms with Crippen molar-refractivity contribution in [1.82, 2.24) is 15.1 Å². The molecule has 2 aromatic carbocycles. The molecule has 8 heteroatoms. The van der Waals surface area contributed by atoms with Gasteiger partial charge in [0, 0.05) is 30.1 Å². The molecule has 0 aliphatic carbocycles. The van der Waals surface area contributed by atoms with Crippen LogP contribution in [0, 0.1) is 5.41 Å². The molecular weight excluding hydrogens is 470 g/mol. The third-order valence-corrected chi connectivity index (χ3v) is 7.42. The summed E-state index contributed by atoms with van der Waals surface area (Å²) in [6.07, 6.45) is -0.134. The summed E-state index contributed by atoms with van der Waals surface area (Å²) in [6.45, 7) is 11.4. The van der Waals surface area contributed by atoms with Gasteiger partial charge in [-0.1, -0.05) is 55.8 Å². The van der Waals surface area contributed by atoms with Crippen LogP contribution in [-0.2, 0) is 6.42 Å². The summed E-state index contributed by atoms with van der Waals surface area (Å²) in [4.78, 5) is 13.3. The van der Waals surface area contributed by atoms with Gasteiger partial charge in [-0.25, -0.2) is 4.79 Å². The Morgan fingerprint density at radius 3 is 2.38 bits per heavy atom. The third-order valence-electron chi connectivity index (χ3n) is 6.10. The number of fused-ring (bicyclic) bond motifs is 1. The van der Waals surface area contributed by atoms with Crippen LogP contribution in [0.5, 0.6) is 5.75 Å². The average molecular weight is 500 g/mol. The molecule has 4 rings (SSSR count). The van der Waals surface area contributed by atoms with Crippen molar-refractivity contribution in [3.8, 4) is 26.9 Å². The normalized spacial score (nSPS) is 16.3. The van der Waals surface area contributed by atoms with Crippen LogP contribution in [0.4, 0.5) is 4.79 Å². The first-order valence-corrected chi connectivity index (χ1v) is 12.6. The van der Waals surface area contributed by atoms with E-state index in [2.05, 4.69) is 49.2 Å². The highest BCUT2D eigenvalue weighted by molar-refractivity contribution is 7.17. The molecule has 1 unspecified atom stereocenters. The van der Waals surface area contributed by atoms with Crippen LogP contribution in [0.15, 0.2) is 36.4 Å². The topological polar surface area (TPSA) is 75.6 Å². The van der Waals surface area contributed by atoms with Crippen molar-refractivity contribution in [3.05, 3.63) is 52.5 Å². The first kappa shape index (κ1) is 24.5. The van der Waals surface area contributed by atoms with Gasteiger partial charge in [0.25, 0.3) is 0 Å². The maximum Gasteiger partial charge on any atom is 0.407 e. The number of nitrogens with zero attached hydrogens (tertiary/aromatic N) is 3. The number of rotatable bonds is 4. The summed E-state index contributed by atoms with van der Waals surface area (Å²) in [6, 6.07) is 12.0. The Hall–Kier alpha value is -2.64. The van der Waals surface area contributed by atoms with Crippen molar-refractivity contribution in [2.75, 3.05) is 13.1 Å². The molecule has 1 aromatic heterocycles. The van der Waals surface area contributed by atoms with Crippen LogP contribution in [0.2, 0.25) is 5.02 Å². The highest BCUT2D eigenvalue weighted by atomic mass is 35.5. The van der Waals surface area contributed by atoms with Crippen molar-refractivity contribution >= 4 is 29.0 Å². The quantitative estimate of drug-likeness (QED) is 0.419. The van der Waals surface area contributed by atoms with E-state index in [0.717, 1.165) is 21.1 Å². The van der Waals surface area contributed by atoms with Crippen molar-refractivity contribution in [2.24, 2.45) is 5.41 Å². The van der Waals surface area contributed by atoms with E-state index in [1.807, 2.05) is 32.0 Å². The first-order chi connectivity index (χ1) is 16.0. The highest BCUT2D eigenvalue weighted by Crippen LogP contribution is 2.41. The third kappa shape index (κ3) is 5.20. The highest BCUT2D eigenvalue weighted by Gasteiger charge is 2.33. The molecule has 2 heterocycles. The molecule has 6 nitrogen and oxygen atoms in total. The number of carbonyl (C=O) groups is 1. The van der Waals surface area contributed by atoms with Crippen molar-refractivity contribution < 1.29 is 14.6 Å². The van der Waals surface area contributed by atoms with E-state index in [-0.39, 0.29) is 17.4 Å². The number of halogens is 1. The molecule has 0 saturated heterocycles. The number of aromatic nitrogens is 2. The molecule has 34 heavy (non-hydrogen) atoms. The molecule has 1 aliphatic rings. The Labute approximate surface area is 209 Å². The van der Waals surface area contributed by atoms with Gasteiger partial charge in [0.15, 0.2) is 0 Å². The first-order valence-electron chi connectivity index (χ1n) is 11.4. The van der Waals surface area contributed by atoms with E-state index in [1.54, 1.807) is 0 Å². The van der Waals surface area contributed by atoms with Crippen LogP contribution < -0.4 is 4.74 Å². The lowest BCUT2D eigenvalue weighted by Crippen LogP contribution is -2.36. The van der Waals surface area contributed by atoms with Crippen LogP contribution in [-0.4, -0.2) is 45.5 Å². The van der Waals surface area contributed by atoms with Crippen molar-refractivity contribution in [1.29, 1.82) is 0 Å². The van der Waals surface area contributed by atoms with Crippen LogP contribution in [0.3, 0.4) is 0 Å². The molecular formula is C26H30ClN3O3S. The molecule has 3 aromatic rings. The Morgan fingerprint density at radius 2 is 1.79 bits per heavy atom. The maximum absolute atomic E-state index is 11.7. The van der Waals surface area contributed by atoms with Gasteiger partial charge in [-0.2, -0.15) is 0 Å². The molecule has 0 spiro atoms. The number of hydrogen-bond donors (Lipinski definition) is 1. The zero-order valence-electron chi connectivity index (χ0n) is 20.1. The molecule has 0 saturated carbocycles. The summed E-state index contributed by atoms with van der Waals surface area (Å²) in [5.41, 5.74) is 4.22. The Morgan fingerprint density at radius 1 is 1.15 bits per heavy atom. The Kier molecular flexibility index (Phi) is 6.87. The smallest absolute Gasteiger partial charge is 0.407 e. The number of benzene rings is 2. The van der Waals surface area contributed by atoms with E-state index >= 15 is 0 Å². The average Bonchev–Trinajstić information content (AvgIpc) is 3.15. The zero-order valence-corrected chi connectivity index (χ0v) is 21.7. The van der Waals surface area contributed by atoms with E-state index < -0.39 is 6.09 Å². The molecule has 180 valence electrons. The minimum atomic E-state index is -0.862. The summed E-state index contributed by atoms with van der Waals surface area (Å²) in [5.74, 6) is 0.772. The Bertz CT molecular complexity index is 1200. The fraction of sp³-hybridized carbons (Fsp3) is 0.423. The van der Waals surface area contributed by atoms with Gasteiger partial charge in [-0.15, -0.1) is 10.2 Å². The van der Waals surface area contributed by atoms with Gasteiger partial charge < -0.3 is 14.7 Å². The van der Waals surface area contributed by atoms with Gasteiger partial charge in [0.2, 0.25) is 0 Å². The number of amides is 1. The van der Waals surface area contributed by atoms with Gasteiger partial charge in [-0.05, 0) is 61.1 Å². The van der Waals surface area contributed by atoms with Crippen molar-refractivity contribution in [2.45, 2.75) is 53.1 Å². The zero-order chi connectivity index (χ0) is 24.6. The predicted molar refractivity (Wildman–Crippen MR) is 137 cm³/mol. The van der Waals surface area contributed by atoms with E-state index in [9.17, 15) is 9.90 Å². The second-order valence-electron chi connectivity index (χ2n) is 10.0. The van der Waals surface area contributed by atoms with E-state index in [1.165, 1.54) is 27.4 Å². The van der Waals surface area contributed by atoms with Crippen LogP contribution >= 0.6 is 22.9 Å². The molecule has 1 atom stereocenters. The molecule has 1 aliphatic heterocycles. The fourth-order valence-electron chi connectivity index (χ4n) is 4.31. The number of carboxylic acid groups (broad SMARTS) is 1. The van der Waals surface area contributed by atoms with E-state index in [4.69, 9.17) is 16.3 Å². The van der Waals surface area contributed by atoms with Gasteiger partial charge in [0.05, 0.1) is 11.1 Å². The molecule has 1 N–H and O–H groups in total. The lowest BCUT2D eigenvalue weighted by Gasteiger charge is -2.33. The van der Waals surface area contributed by atoms with Crippen LogP contribution in [0.25, 0.3) is 21.1 Å². The lowest BCUT2D eigenvalue weighted by molar-refractivity contribution is 0.135. The SMILES string of the molecule is CC(C)Oc1ccc(-c2nnc(-c3ccc4c(c3)CCN(C(=O)O)CC4C(C)(C)C)s2)cc1Cl. The second-order valence-corrected chi connectivity index (χ2v) is 11.4. The summed E-state index contributed by atoms with van der Waals surface area (Å²) >= 11 is 7.92. The molecule has 0 fully saturated rings. The summed E-state index contributed by atoms with van der Waals surface area (Å²) < 4.78 is 5.72. The monoisotopic (exact) mass is 499 g/mol. The van der Waals surface area contributed by atoms with Crippen LogP contribution in [0.1, 0.15) is 51.7 Å². The summed E-state index contributed by atoms with van der Waals surface area (Å²) in [7, 11) is 0. The molecule has 1 amide bonds. The van der Waals surface area contributed by atoms with E-state index in [0.29, 0.717) is 30.3 Å². The largest absolute Gasteiger partial charge is 0.489 e. The molecule has 0 bridgehead atoms. The maximum atomic E-state index is 11.7. The minimum Gasteiger partial charge on any atom is -0.489 e. The van der Waals surface area contributed by atoms with Gasteiger partial charge in [-0.3, -0.25) is 0 Å². The van der Waals surface area contributed by atoms with Crippen molar-refractivity contribution in [3.63, 3.8) is 0 Å². The van der Waals surface area contributed by atoms with Gasteiger partial charge in [0.1, 0.15) is 15.8 Å². The van der Waals surface area contributed by atoms with Gasteiger partial charge >= 0.3 is 6.09 Å². The minimum absolute atomic E-state index is 0.0464.